The van der Waals surface area contributed by atoms with Gasteiger partial charge in [-0.2, -0.15) is 0 Å². The molecule has 1 aromatic carbocycles. The lowest BCUT2D eigenvalue weighted by atomic mass is 9.82. The highest BCUT2D eigenvalue weighted by Crippen LogP contribution is 2.28. The number of nitrogens with one attached hydrogen (secondary N) is 1. The molecular formula is C17H27NO. The Morgan fingerprint density at radius 3 is 3.00 bits per heavy atom. The summed E-state index contributed by atoms with van der Waals surface area (Å²) in [5, 5.41) is 12.5. The highest BCUT2D eigenvalue weighted by Gasteiger charge is 2.18. The van der Waals surface area contributed by atoms with Gasteiger partial charge < -0.3 is 10.4 Å². The zero-order chi connectivity index (χ0) is 13.5. The smallest absolute Gasteiger partial charge is 0.0434 e. The zero-order valence-corrected chi connectivity index (χ0v) is 12.1. The van der Waals surface area contributed by atoms with Crippen LogP contribution < -0.4 is 5.32 Å². The van der Waals surface area contributed by atoms with Crippen LogP contribution in [0.15, 0.2) is 24.3 Å². The summed E-state index contributed by atoms with van der Waals surface area (Å²) in [7, 11) is 0. The summed E-state index contributed by atoms with van der Waals surface area (Å²) in [5.41, 5.74) is 2.55. The van der Waals surface area contributed by atoms with Gasteiger partial charge >= 0.3 is 0 Å². The number of hydrogen-bond donors (Lipinski definition) is 2. The molecule has 0 saturated heterocycles. The molecule has 1 aliphatic carbocycles. The molecule has 0 amide bonds. The van der Waals surface area contributed by atoms with Crippen molar-refractivity contribution in [1.82, 2.24) is 0 Å². The fourth-order valence-electron chi connectivity index (χ4n) is 3.13. The van der Waals surface area contributed by atoms with Crippen LogP contribution in [0, 0.1) is 11.8 Å². The number of benzene rings is 1. The standard InChI is InChI=1S/C17H27NO/c1-14-5-2-7-16(11-14)13-18-17-9-3-6-15(12-17)8-4-10-19/h3,6,9,12,14,16,18-19H,2,4-5,7-8,10-11,13H2,1H3. The summed E-state index contributed by atoms with van der Waals surface area (Å²) in [5.74, 6) is 1.74. The molecule has 0 bridgehead atoms. The van der Waals surface area contributed by atoms with E-state index in [9.17, 15) is 0 Å². The van der Waals surface area contributed by atoms with Crippen molar-refractivity contribution >= 4 is 5.69 Å². The Bertz CT molecular complexity index is 377. The summed E-state index contributed by atoms with van der Waals surface area (Å²) in [6.45, 7) is 3.76. The number of aliphatic hydroxyl groups is 1. The van der Waals surface area contributed by atoms with E-state index in [2.05, 4.69) is 36.5 Å². The second kappa shape index (κ2) is 7.54. The second-order valence-corrected chi connectivity index (χ2v) is 6.05. The van der Waals surface area contributed by atoms with Crippen molar-refractivity contribution in [3.63, 3.8) is 0 Å². The van der Waals surface area contributed by atoms with Crippen LogP contribution in [0.5, 0.6) is 0 Å². The molecule has 0 radical (unpaired) electrons. The summed E-state index contributed by atoms with van der Waals surface area (Å²) >= 11 is 0. The normalized spacial score (nSPS) is 23.3. The van der Waals surface area contributed by atoms with Crippen LogP contribution in [0.3, 0.4) is 0 Å². The van der Waals surface area contributed by atoms with E-state index in [1.54, 1.807) is 0 Å². The first-order valence-electron chi connectivity index (χ1n) is 7.71. The van der Waals surface area contributed by atoms with Crippen molar-refractivity contribution in [2.45, 2.75) is 45.4 Å². The zero-order valence-electron chi connectivity index (χ0n) is 12.1. The quantitative estimate of drug-likeness (QED) is 0.815. The van der Waals surface area contributed by atoms with Crippen LogP contribution in [0.1, 0.15) is 44.6 Å². The SMILES string of the molecule is CC1CCCC(CNc2cccc(CCCO)c2)C1. The third kappa shape index (κ3) is 4.87. The van der Waals surface area contributed by atoms with Crippen molar-refractivity contribution < 1.29 is 5.11 Å². The van der Waals surface area contributed by atoms with Crippen molar-refractivity contribution in [3.05, 3.63) is 29.8 Å². The maximum atomic E-state index is 8.88. The highest BCUT2D eigenvalue weighted by atomic mass is 16.2. The molecule has 1 fully saturated rings. The van der Waals surface area contributed by atoms with Gasteiger partial charge in [-0.15, -0.1) is 0 Å². The lowest BCUT2D eigenvalue weighted by molar-refractivity contribution is 0.288. The largest absolute Gasteiger partial charge is 0.396 e. The van der Waals surface area contributed by atoms with Crippen LogP contribution >= 0.6 is 0 Å². The van der Waals surface area contributed by atoms with Crippen LogP contribution in [0.4, 0.5) is 5.69 Å². The molecule has 2 atom stereocenters. The molecule has 1 aromatic rings. The summed E-state index contributed by atoms with van der Waals surface area (Å²) in [6, 6.07) is 8.62. The van der Waals surface area contributed by atoms with E-state index in [1.165, 1.54) is 36.9 Å². The fraction of sp³-hybridized carbons (Fsp3) is 0.647. The predicted octanol–water partition coefficient (Wildman–Crippen LogP) is 3.85. The van der Waals surface area contributed by atoms with Gasteiger partial charge in [-0.05, 0) is 55.2 Å². The van der Waals surface area contributed by atoms with Crippen LogP contribution in [0.25, 0.3) is 0 Å². The number of aliphatic hydroxyl groups excluding tert-OH is 1. The maximum Gasteiger partial charge on any atom is 0.0434 e. The van der Waals surface area contributed by atoms with Crippen LogP contribution in [-0.2, 0) is 6.42 Å². The topological polar surface area (TPSA) is 32.3 Å². The first-order valence-corrected chi connectivity index (χ1v) is 7.71. The van der Waals surface area contributed by atoms with Crippen LogP contribution in [-0.4, -0.2) is 18.3 Å². The summed E-state index contributed by atoms with van der Waals surface area (Å²) in [6.07, 6.45) is 7.37. The molecule has 2 unspecified atom stereocenters. The molecule has 106 valence electrons. The Kier molecular flexibility index (Phi) is 5.71. The second-order valence-electron chi connectivity index (χ2n) is 6.05. The lowest BCUT2D eigenvalue weighted by Crippen LogP contribution is -2.21. The predicted molar refractivity (Wildman–Crippen MR) is 81.5 cm³/mol. The molecule has 1 aliphatic rings. The summed E-state index contributed by atoms with van der Waals surface area (Å²) < 4.78 is 0. The van der Waals surface area contributed by atoms with Crippen LogP contribution in [0.2, 0.25) is 0 Å². The molecule has 2 heteroatoms. The lowest BCUT2D eigenvalue weighted by Gasteiger charge is -2.27. The van der Waals surface area contributed by atoms with Gasteiger partial charge in [-0.3, -0.25) is 0 Å². The van der Waals surface area contributed by atoms with E-state index in [1.807, 2.05) is 0 Å². The van der Waals surface area contributed by atoms with E-state index in [0.717, 1.165) is 31.2 Å². The third-order valence-electron chi connectivity index (χ3n) is 4.19. The summed E-state index contributed by atoms with van der Waals surface area (Å²) in [4.78, 5) is 0. The number of hydrogen-bond acceptors (Lipinski definition) is 2. The molecule has 19 heavy (non-hydrogen) atoms. The molecule has 0 heterocycles. The molecular weight excluding hydrogens is 234 g/mol. The van der Waals surface area contributed by atoms with Crippen molar-refractivity contribution in [2.24, 2.45) is 11.8 Å². The minimum Gasteiger partial charge on any atom is -0.396 e. The van der Waals surface area contributed by atoms with E-state index in [0.29, 0.717) is 0 Å². The van der Waals surface area contributed by atoms with E-state index in [4.69, 9.17) is 5.11 Å². The van der Waals surface area contributed by atoms with Gasteiger partial charge in [0.1, 0.15) is 0 Å². The minimum atomic E-state index is 0.275. The fourth-order valence-corrected chi connectivity index (χ4v) is 3.13. The van der Waals surface area contributed by atoms with Gasteiger partial charge in [-0.25, -0.2) is 0 Å². The molecule has 2 rings (SSSR count). The van der Waals surface area contributed by atoms with Crippen molar-refractivity contribution in [3.8, 4) is 0 Å². The number of anilines is 1. The van der Waals surface area contributed by atoms with Gasteiger partial charge in [0.05, 0.1) is 0 Å². The molecule has 2 nitrogen and oxygen atoms in total. The van der Waals surface area contributed by atoms with E-state index in [-0.39, 0.29) is 6.61 Å². The average Bonchev–Trinajstić information content (AvgIpc) is 2.43. The molecule has 0 spiro atoms. The van der Waals surface area contributed by atoms with Gasteiger partial charge in [0.2, 0.25) is 0 Å². The molecule has 2 N–H and O–H groups in total. The molecule has 1 saturated carbocycles. The van der Waals surface area contributed by atoms with Crippen molar-refractivity contribution in [2.75, 3.05) is 18.5 Å². The van der Waals surface area contributed by atoms with Gasteiger partial charge in [-0.1, -0.05) is 31.9 Å². The first kappa shape index (κ1) is 14.4. The maximum absolute atomic E-state index is 8.88. The Labute approximate surface area is 117 Å². The van der Waals surface area contributed by atoms with Crippen molar-refractivity contribution in [1.29, 1.82) is 0 Å². The first-order chi connectivity index (χ1) is 9.28. The Morgan fingerprint density at radius 2 is 2.21 bits per heavy atom. The van der Waals surface area contributed by atoms with E-state index >= 15 is 0 Å². The highest BCUT2D eigenvalue weighted by molar-refractivity contribution is 5.45. The molecule has 0 aromatic heterocycles. The Hall–Kier alpha value is -1.02. The monoisotopic (exact) mass is 261 g/mol. The van der Waals surface area contributed by atoms with Gasteiger partial charge in [0.15, 0.2) is 0 Å². The van der Waals surface area contributed by atoms with E-state index < -0.39 is 0 Å². The number of rotatable bonds is 6. The average molecular weight is 261 g/mol. The van der Waals surface area contributed by atoms with Gasteiger partial charge in [0.25, 0.3) is 0 Å². The Balaban J connectivity index is 1.81. The number of aryl methyl sites for hydroxylation is 1. The van der Waals surface area contributed by atoms with Gasteiger partial charge in [0, 0.05) is 18.8 Å². The molecule has 0 aliphatic heterocycles. The minimum absolute atomic E-state index is 0.275. The Morgan fingerprint density at radius 1 is 1.32 bits per heavy atom. The third-order valence-corrected chi connectivity index (χ3v) is 4.19.